The molecule has 0 spiro atoms. The number of carbonyl (C=O) groups is 1. The number of halogens is 1. The summed E-state index contributed by atoms with van der Waals surface area (Å²) in [6.07, 6.45) is 1.89. The Morgan fingerprint density at radius 3 is 2.64 bits per heavy atom. The Morgan fingerprint density at radius 2 is 2.00 bits per heavy atom. The van der Waals surface area contributed by atoms with Crippen molar-refractivity contribution in [1.82, 2.24) is 20.1 Å². The monoisotopic (exact) mass is 400 g/mol. The minimum Gasteiger partial charge on any atom is -0.394 e. The number of pyridine rings is 1. The minimum atomic E-state index is -1.12. The van der Waals surface area contributed by atoms with Crippen LogP contribution in [-0.2, 0) is 0 Å². The van der Waals surface area contributed by atoms with Crippen molar-refractivity contribution >= 4 is 17.5 Å². The van der Waals surface area contributed by atoms with Crippen LogP contribution in [0.3, 0.4) is 0 Å². The maximum absolute atomic E-state index is 12.8. The van der Waals surface area contributed by atoms with Gasteiger partial charge in [0.15, 0.2) is 0 Å². The van der Waals surface area contributed by atoms with Crippen LogP contribution in [-0.4, -0.2) is 50.1 Å². The molecule has 1 atom stereocenters. The number of carbonyl (C=O) groups excluding carboxylic acids is 1. The molecule has 0 aliphatic rings. The molecule has 144 valence electrons. The molecule has 3 N–H and O–H groups in total. The molecule has 0 saturated carbocycles. The second-order valence-corrected chi connectivity index (χ2v) is 6.36. The number of nitrogens with one attached hydrogen (secondary N) is 1. The van der Waals surface area contributed by atoms with Gasteiger partial charge in [0.1, 0.15) is 5.56 Å². The molecule has 8 nitrogen and oxygen atoms in total. The SMILES string of the molecule is O=C(NCC(O)CO)c1cc(-c2ccc(Cl)cc2)nn(-c2cccnc2)c1=O. The lowest BCUT2D eigenvalue weighted by Crippen LogP contribution is -2.38. The van der Waals surface area contributed by atoms with Crippen LogP contribution in [0.5, 0.6) is 0 Å². The van der Waals surface area contributed by atoms with E-state index in [0.717, 1.165) is 4.68 Å². The van der Waals surface area contributed by atoms with E-state index in [1.165, 1.54) is 12.3 Å². The molecule has 1 aromatic carbocycles. The predicted molar refractivity (Wildman–Crippen MR) is 104 cm³/mol. The maximum Gasteiger partial charge on any atom is 0.284 e. The normalized spacial score (nSPS) is 11.8. The second-order valence-electron chi connectivity index (χ2n) is 5.92. The summed E-state index contributed by atoms with van der Waals surface area (Å²) < 4.78 is 1.09. The van der Waals surface area contributed by atoms with Crippen LogP contribution >= 0.6 is 11.6 Å². The highest BCUT2D eigenvalue weighted by Crippen LogP contribution is 2.20. The summed E-state index contributed by atoms with van der Waals surface area (Å²) in [5, 5.41) is 25.6. The van der Waals surface area contributed by atoms with Crippen molar-refractivity contribution < 1.29 is 15.0 Å². The Kier molecular flexibility index (Phi) is 6.15. The van der Waals surface area contributed by atoms with Crippen LogP contribution in [0.4, 0.5) is 0 Å². The van der Waals surface area contributed by atoms with Crippen molar-refractivity contribution in [1.29, 1.82) is 0 Å². The number of amides is 1. The molecule has 9 heteroatoms. The van der Waals surface area contributed by atoms with E-state index in [1.807, 2.05) is 0 Å². The third kappa shape index (κ3) is 4.42. The van der Waals surface area contributed by atoms with Crippen LogP contribution in [0.15, 0.2) is 59.7 Å². The first-order valence-electron chi connectivity index (χ1n) is 8.37. The number of aliphatic hydroxyl groups excluding tert-OH is 2. The van der Waals surface area contributed by atoms with E-state index in [4.69, 9.17) is 16.7 Å². The van der Waals surface area contributed by atoms with Gasteiger partial charge in [-0.2, -0.15) is 9.78 Å². The lowest BCUT2D eigenvalue weighted by atomic mass is 10.1. The van der Waals surface area contributed by atoms with Crippen LogP contribution in [0, 0.1) is 0 Å². The van der Waals surface area contributed by atoms with E-state index in [-0.39, 0.29) is 12.1 Å². The Balaban J connectivity index is 2.10. The van der Waals surface area contributed by atoms with Gasteiger partial charge in [0.2, 0.25) is 0 Å². The minimum absolute atomic E-state index is 0.158. The molecule has 3 aromatic rings. The van der Waals surface area contributed by atoms with Crippen LogP contribution < -0.4 is 10.9 Å². The van der Waals surface area contributed by atoms with Gasteiger partial charge in [-0.05, 0) is 30.3 Å². The number of nitrogens with zero attached hydrogens (tertiary/aromatic N) is 3. The Bertz CT molecular complexity index is 1020. The molecule has 0 aliphatic carbocycles. The standard InChI is InChI=1S/C19H17ClN4O4/c20-13-5-3-12(4-6-13)17-8-16(18(27)22-10-15(26)11-25)19(28)24(23-17)14-2-1-7-21-9-14/h1-9,15,25-26H,10-11H2,(H,22,27). The van der Waals surface area contributed by atoms with Crippen LogP contribution in [0.25, 0.3) is 16.9 Å². The zero-order valence-electron chi connectivity index (χ0n) is 14.6. The van der Waals surface area contributed by atoms with Gasteiger partial charge in [-0.3, -0.25) is 14.6 Å². The highest BCUT2D eigenvalue weighted by atomic mass is 35.5. The lowest BCUT2D eigenvalue weighted by molar-refractivity contribution is 0.0800. The smallest absolute Gasteiger partial charge is 0.284 e. The highest BCUT2D eigenvalue weighted by molar-refractivity contribution is 6.30. The molecule has 0 radical (unpaired) electrons. The van der Waals surface area contributed by atoms with Gasteiger partial charge >= 0.3 is 0 Å². The Labute approximate surface area is 165 Å². The molecule has 0 bridgehead atoms. The van der Waals surface area contributed by atoms with Gasteiger partial charge in [0, 0.05) is 23.3 Å². The Morgan fingerprint density at radius 1 is 1.25 bits per heavy atom. The van der Waals surface area contributed by atoms with E-state index in [1.54, 1.807) is 42.6 Å². The van der Waals surface area contributed by atoms with Crippen molar-refractivity contribution in [2.75, 3.05) is 13.2 Å². The molecule has 28 heavy (non-hydrogen) atoms. The van der Waals surface area contributed by atoms with E-state index in [2.05, 4.69) is 15.4 Å². The molecular weight excluding hydrogens is 384 g/mol. The number of aromatic nitrogens is 3. The summed E-state index contributed by atoms with van der Waals surface area (Å²) in [6.45, 7) is -0.702. The number of aliphatic hydroxyl groups is 2. The summed E-state index contributed by atoms with van der Waals surface area (Å²) in [6, 6.07) is 11.5. The largest absolute Gasteiger partial charge is 0.394 e. The van der Waals surface area contributed by atoms with E-state index in [0.29, 0.717) is 22.0 Å². The molecule has 1 amide bonds. The van der Waals surface area contributed by atoms with E-state index in [9.17, 15) is 14.7 Å². The fourth-order valence-corrected chi connectivity index (χ4v) is 2.57. The second kappa shape index (κ2) is 8.75. The zero-order valence-corrected chi connectivity index (χ0v) is 15.4. The summed E-state index contributed by atoms with van der Waals surface area (Å²) >= 11 is 5.93. The predicted octanol–water partition coefficient (Wildman–Crippen LogP) is 1.03. The molecular formula is C19H17ClN4O4. The summed E-state index contributed by atoms with van der Waals surface area (Å²) in [5.74, 6) is -0.687. The molecule has 0 fully saturated rings. The summed E-state index contributed by atoms with van der Waals surface area (Å²) in [4.78, 5) is 29.3. The van der Waals surface area contributed by atoms with Gasteiger partial charge in [-0.15, -0.1) is 0 Å². The number of benzene rings is 1. The average Bonchev–Trinajstić information content (AvgIpc) is 2.73. The van der Waals surface area contributed by atoms with Gasteiger partial charge in [-0.1, -0.05) is 23.7 Å². The van der Waals surface area contributed by atoms with E-state index >= 15 is 0 Å². The van der Waals surface area contributed by atoms with Crippen LogP contribution in [0.2, 0.25) is 5.02 Å². The lowest BCUT2D eigenvalue weighted by Gasteiger charge is -2.12. The van der Waals surface area contributed by atoms with Crippen LogP contribution in [0.1, 0.15) is 10.4 Å². The first-order valence-corrected chi connectivity index (χ1v) is 8.75. The molecule has 2 heterocycles. The van der Waals surface area contributed by atoms with Crippen molar-refractivity contribution in [2.45, 2.75) is 6.10 Å². The summed E-state index contributed by atoms with van der Waals surface area (Å²) in [7, 11) is 0. The molecule has 1 unspecified atom stereocenters. The number of rotatable bonds is 6. The van der Waals surface area contributed by atoms with E-state index < -0.39 is 24.2 Å². The molecule has 3 rings (SSSR count). The van der Waals surface area contributed by atoms with Gasteiger partial charge in [0.05, 0.1) is 30.3 Å². The highest BCUT2D eigenvalue weighted by Gasteiger charge is 2.18. The maximum atomic E-state index is 12.8. The van der Waals surface area contributed by atoms with Gasteiger partial charge < -0.3 is 15.5 Å². The average molecular weight is 401 g/mol. The third-order valence-corrected chi connectivity index (χ3v) is 4.15. The van der Waals surface area contributed by atoms with Gasteiger partial charge in [-0.25, -0.2) is 0 Å². The molecule has 0 saturated heterocycles. The molecule has 2 aromatic heterocycles. The fraction of sp³-hybridized carbons (Fsp3) is 0.158. The topological polar surface area (TPSA) is 117 Å². The first kappa shape index (κ1) is 19.7. The first-order chi connectivity index (χ1) is 13.5. The fourth-order valence-electron chi connectivity index (χ4n) is 2.44. The number of hydrogen-bond donors (Lipinski definition) is 3. The van der Waals surface area contributed by atoms with Crippen molar-refractivity contribution in [2.24, 2.45) is 0 Å². The summed E-state index contributed by atoms with van der Waals surface area (Å²) in [5.41, 5.74) is 0.642. The quantitative estimate of drug-likeness (QED) is 0.569. The molecule has 0 aliphatic heterocycles. The van der Waals surface area contributed by atoms with Gasteiger partial charge in [0.25, 0.3) is 11.5 Å². The Hall–Kier alpha value is -3.07. The zero-order chi connectivity index (χ0) is 20.1. The van der Waals surface area contributed by atoms with Crippen molar-refractivity contribution in [3.63, 3.8) is 0 Å². The number of hydrogen-bond acceptors (Lipinski definition) is 6. The van der Waals surface area contributed by atoms with Crippen molar-refractivity contribution in [3.8, 4) is 16.9 Å². The third-order valence-electron chi connectivity index (χ3n) is 3.90. The van der Waals surface area contributed by atoms with Crippen molar-refractivity contribution in [3.05, 3.63) is 75.8 Å².